The van der Waals surface area contributed by atoms with Gasteiger partial charge in [0.2, 0.25) is 15.9 Å². The number of ether oxygens (including phenoxy) is 1. The Labute approximate surface area is 193 Å². The molecule has 2 N–H and O–H groups in total. The maximum Gasteiger partial charge on any atom is 0.242 e. The van der Waals surface area contributed by atoms with Crippen LogP contribution in [0.4, 0.5) is 5.69 Å². The zero-order valence-corrected chi connectivity index (χ0v) is 20.2. The van der Waals surface area contributed by atoms with Crippen LogP contribution in [-0.2, 0) is 39.2 Å². The normalized spacial score (nSPS) is 12.0. The van der Waals surface area contributed by atoms with Crippen LogP contribution < -0.4 is 14.8 Å². The smallest absolute Gasteiger partial charge is 0.242 e. The van der Waals surface area contributed by atoms with E-state index in [0.717, 1.165) is 17.9 Å². The molecule has 0 saturated carbocycles. The summed E-state index contributed by atoms with van der Waals surface area (Å²) in [6, 6.07) is 9.19. The largest absolute Gasteiger partial charge is 0.481 e. The van der Waals surface area contributed by atoms with Crippen molar-refractivity contribution in [2.24, 2.45) is 0 Å². The minimum Gasteiger partial charge on any atom is -0.481 e. The van der Waals surface area contributed by atoms with Crippen LogP contribution in [-0.4, -0.2) is 46.9 Å². The van der Waals surface area contributed by atoms with Crippen molar-refractivity contribution >= 4 is 25.5 Å². The molecule has 0 aliphatic rings. The molecule has 2 heterocycles. The fraction of sp³-hybridized carbons (Fsp3) is 0.333. The lowest BCUT2D eigenvalue weighted by atomic mass is 10.2. The number of nitrogens with zero attached hydrogens (tertiary/aromatic N) is 2. The van der Waals surface area contributed by atoms with E-state index in [1.165, 1.54) is 19.2 Å². The maximum atomic E-state index is 13.1. The fourth-order valence-electron chi connectivity index (χ4n) is 2.98. The van der Waals surface area contributed by atoms with E-state index in [1.807, 2.05) is 6.92 Å². The zero-order valence-electron chi connectivity index (χ0n) is 18.5. The van der Waals surface area contributed by atoms with Crippen molar-refractivity contribution in [2.75, 3.05) is 25.2 Å². The average Bonchev–Trinajstić information content (AvgIpc) is 3.25. The zero-order chi connectivity index (χ0) is 24.1. The number of nitrogens with one attached hydrogen (secondary N) is 2. The predicted octanol–water partition coefficient (Wildman–Crippen LogP) is 2.18. The van der Waals surface area contributed by atoms with Gasteiger partial charge in [-0.25, -0.2) is 26.5 Å². The molecule has 0 aliphatic heterocycles. The van der Waals surface area contributed by atoms with Crippen LogP contribution in [0.5, 0.6) is 5.88 Å². The second-order valence-electron chi connectivity index (χ2n) is 7.28. The first-order chi connectivity index (χ1) is 15.6. The molecule has 0 saturated heterocycles. The van der Waals surface area contributed by atoms with Crippen LogP contribution in [0.15, 0.2) is 56.9 Å². The Hall–Kier alpha value is -2.96. The van der Waals surface area contributed by atoms with E-state index < -0.39 is 19.9 Å². The molecule has 2 aromatic heterocycles. The summed E-state index contributed by atoms with van der Waals surface area (Å²) in [6.45, 7) is 2.24. The van der Waals surface area contributed by atoms with E-state index in [9.17, 15) is 16.8 Å². The second kappa shape index (κ2) is 10.3. The number of hydrogen-bond acceptors (Lipinski definition) is 9. The number of aryl methyl sites for hydroxylation is 1. The quantitative estimate of drug-likeness (QED) is 0.410. The van der Waals surface area contributed by atoms with Gasteiger partial charge in [-0.2, -0.15) is 0 Å². The summed E-state index contributed by atoms with van der Waals surface area (Å²) in [4.78, 5) is 3.83. The maximum absolute atomic E-state index is 13.1. The fourth-order valence-corrected chi connectivity index (χ4v) is 4.94. The molecule has 10 nitrogen and oxygen atoms in total. The average molecular weight is 495 g/mol. The van der Waals surface area contributed by atoms with E-state index in [1.54, 1.807) is 24.4 Å². The standard InChI is InChI=1S/C21H26N4O6S2/c1-4-17-11-16(25-31-17)14-22-19-7-6-18(32(3,26)27)12-20(19)33(28,29)24-10-9-15-5-8-21(30-2)23-13-15/h5-8,11-13,22,24H,4,9-10,14H2,1-3H3. The molecule has 3 rings (SSSR count). The minimum absolute atomic E-state index is 0.0949. The van der Waals surface area contributed by atoms with Gasteiger partial charge in [-0.3, -0.25) is 0 Å². The molecule has 0 radical (unpaired) electrons. The third kappa shape index (κ3) is 6.53. The Balaban J connectivity index is 1.80. The van der Waals surface area contributed by atoms with Gasteiger partial charge in [0.15, 0.2) is 9.84 Å². The van der Waals surface area contributed by atoms with Crippen molar-refractivity contribution in [3.63, 3.8) is 0 Å². The molecule has 178 valence electrons. The number of anilines is 1. The van der Waals surface area contributed by atoms with Gasteiger partial charge in [-0.15, -0.1) is 0 Å². The summed E-state index contributed by atoms with van der Waals surface area (Å²) >= 11 is 0. The van der Waals surface area contributed by atoms with Crippen molar-refractivity contribution < 1.29 is 26.1 Å². The summed E-state index contributed by atoms with van der Waals surface area (Å²) in [5, 5.41) is 6.95. The van der Waals surface area contributed by atoms with Crippen LogP contribution in [0.2, 0.25) is 0 Å². The molecule has 0 spiro atoms. The first-order valence-electron chi connectivity index (χ1n) is 10.1. The molecule has 0 aliphatic carbocycles. The second-order valence-corrected chi connectivity index (χ2v) is 11.0. The Morgan fingerprint density at radius 1 is 1.09 bits per heavy atom. The number of methoxy groups -OCH3 is 1. The highest BCUT2D eigenvalue weighted by Gasteiger charge is 2.22. The van der Waals surface area contributed by atoms with Gasteiger partial charge >= 0.3 is 0 Å². The first-order valence-corrected chi connectivity index (χ1v) is 13.5. The van der Waals surface area contributed by atoms with Gasteiger partial charge in [0.1, 0.15) is 16.3 Å². The molecule has 3 aromatic rings. The lowest BCUT2D eigenvalue weighted by molar-refractivity contribution is 0.381. The van der Waals surface area contributed by atoms with Crippen LogP contribution in [0, 0.1) is 0 Å². The molecule has 33 heavy (non-hydrogen) atoms. The van der Waals surface area contributed by atoms with E-state index >= 15 is 0 Å². The topological polar surface area (TPSA) is 140 Å². The summed E-state index contributed by atoms with van der Waals surface area (Å²) < 4.78 is 62.9. The molecule has 12 heteroatoms. The molecule has 0 fully saturated rings. The Morgan fingerprint density at radius 2 is 1.88 bits per heavy atom. The van der Waals surface area contributed by atoms with Gasteiger partial charge in [-0.1, -0.05) is 18.1 Å². The molecule has 0 atom stereocenters. The monoisotopic (exact) mass is 494 g/mol. The highest BCUT2D eigenvalue weighted by molar-refractivity contribution is 7.91. The van der Waals surface area contributed by atoms with Gasteiger partial charge in [0, 0.05) is 37.6 Å². The van der Waals surface area contributed by atoms with E-state index in [0.29, 0.717) is 30.2 Å². The number of hydrogen-bond donors (Lipinski definition) is 2. The lowest BCUT2D eigenvalue weighted by Gasteiger charge is -2.14. The number of benzene rings is 1. The lowest BCUT2D eigenvalue weighted by Crippen LogP contribution is -2.27. The Morgan fingerprint density at radius 3 is 2.48 bits per heavy atom. The molecule has 0 bridgehead atoms. The van der Waals surface area contributed by atoms with Crippen LogP contribution in [0.3, 0.4) is 0 Å². The number of aromatic nitrogens is 2. The molecule has 0 amide bonds. The number of pyridine rings is 1. The SMILES string of the molecule is CCc1cc(CNc2ccc(S(C)(=O)=O)cc2S(=O)(=O)NCCc2ccc(OC)nc2)no1. The summed E-state index contributed by atoms with van der Waals surface area (Å²) in [5.41, 5.74) is 1.67. The first kappa shape index (κ1) is 24.7. The van der Waals surface area contributed by atoms with Crippen LogP contribution in [0.25, 0.3) is 0 Å². The summed E-state index contributed by atoms with van der Waals surface area (Å²) in [7, 11) is -6.12. The number of sulfone groups is 1. The van der Waals surface area contributed by atoms with Crippen molar-refractivity contribution in [3.05, 3.63) is 59.6 Å². The summed E-state index contributed by atoms with van der Waals surface area (Å²) in [5.74, 6) is 1.17. The minimum atomic E-state index is -4.03. The molecular weight excluding hydrogens is 468 g/mol. The highest BCUT2D eigenvalue weighted by Crippen LogP contribution is 2.26. The third-order valence-corrected chi connectivity index (χ3v) is 7.41. The highest BCUT2D eigenvalue weighted by atomic mass is 32.2. The van der Waals surface area contributed by atoms with Crippen molar-refractivity contribution in [3.8, 4) is 5.88 Å². The van der Waals surface area contributed by atoms with Crippen molar-refractivity contribution in [2.45, 2.75) is 36.1 Å². The van der Waals surface area contributed by atoms with Gasteiger partial charge in [0.25, 0.3) is 0 Å². The third-order valence-electron chi connectivity index (χ3n) is 4.80. The van der Waals surface area contributed by atoms with Gasteiger partial charge in [0.05, 0.1) is 24.2 Å². The van der Waals surface area contributed by atoms with Gasteiger partial charge in [-0.05, 0) is 30.2 Å². The number of sulfonamides is 1. The van der Waals surface area contributed by atoms with Crippen LogP contribution >= 0.6 is 0 Å². The predicted molar refractivity (Wildman–Crippen MR) is 122 cm³/mol. The molecule has 1 aromatic carbocycles. The van der Waals surface area contributed by atoms with Crippen LogP contribution in [0.1, 0.15) is 23.9 Å². The summed E-state index contributed by atoms with van der Waals surface area (Å²) in [6.07, 6.45) is 3.71. The van der Waals surface area contributed by atoms with Crippen molar-refractivity contribution in [1.29, 1.82) is 0 Å². The van der Waals surface area contributed by atoms with E-state index in [4.69, 9.17) is 9.26 Å². The van der Waals surface area contributed by atoms with Crippen molar-refractivity contribution in [1.82, 2.24) is 14.9 Å². The van der Waals surface area contributed by atoms with E-state index in [2.05, 4.69) is 20.2 Å². The Kier molecular flexibility index (Phi) is 7.72. The Bertz CT molecular complexity index is 1300. The van der Waals surface area contributed by atoms with Gasteiger partial charge < -0.3 is 14.6 Å². The molecular formula is C21H26N4O6S2. The molecule has 0 unspecified atom stereocenters. The number of rotatable bonds is 11. The van der Waals surface area contributed by atoms with E-state index in [-0.39, 0.29) is 28.6 Å².